The van der Waals surface area contributed by atoms with Crippen LogP contribution in [0.5, 0.6) is 5.75 Å². The first-order valence-corrected chi connectivity index (χ1v) is 5.76. The lowest BCUT2D eigenvalue weighted by atomic mass is 10.1. The SMILES string of the molecule is CONCc1cc(Cl)c(C2CC2)c(OC)c1. The summed E-state index contributed by atoms with van der Waals surface area (Å²) >= 11 is 6.28. The summed E-state index contributed by atoms with van der Waals surface area (Å²) in [5.74, 6) is 1.48. The maximum atomic E-state index is 6.28. The lowest BCUT2D eigenvalue weighted by Crippen LogP contribution is -2.11. The number of ether oxygens (including phenoxy) is 1. The minimum absolute atomic E-state index is 0.590. The van der Waals surface area contributed by atoms with E-state index < -0.39 is 0 Å². The average Bonchev–Trinajstić information content (AvgIpc) is 3.09. The zero-order valence-corrected chi connectivity index (χ0v) is 10.3. The van der Waals surface area contributed by atoms with Gasteiger partial charge in [-0.2, -0.15) is 5.48 Å². The summed E-state index contributed by atoms with van der Waals surface area (Å²) < 4.78 is 5.40. The summed E-state index contributed by atoms with van der Waals surface area (Å²) in [4.78, 5) is 4.82. The van der Waals surface area contributed by atoms with E-state index in [-0.39, 0.29) is 0 Å². The molecule has 0 unspecified atom stereocenters. The molecule has 1 aliphatic carbocycles. The molecule has 1 N–H and O–H groups in total. The van der Waals surface area contributed by atoms with E-state index in [1.165, 1.54) is 12.8 Å². The predicted octanol–water partition coefficient (Wildman–Crippen LogP) is 2.88. The van der Waals surface area contributed by atoms with Crippen LogP contribution in [0.4, 0.5) is 0 Å². The van der Waals surface area contributed by atoms with Gasteiger partial charge in [-0.25, -0.2) is 0 Å². The van der Waals surface area contributed by atoms with E-state index in [0.29, 0.717) is 12.5 Å². The molecule has 0 spiro atoms. The highest BCUT2D eigenvalue weighted by Gasteiger charge is 2.29. The molecule has 4 heteroatoms. The molecule has 1 aliphatic rings. The molecule has 1 aromatic carbocycles. The molecular weight excluding hydrogens is 226 g/mol. The third-order valence-corrected chi connectivity index (χ3v) is 3.09. The quantitative estimate of drug-likeness (QED) is 0.805. The van der Waals surface area contributed by atoms with Gasteiger partial charge in [-0.1, -0.05) is 11.6 Å². The summed E-state index contributed by atoms with van der Waals surface area (Å²) in [6.45, 7) is 0.623. The minimum Gasteiger partial charge on any atom is -0.496 e. The number of hydroxylamine groups is 1. The van der Waals surface area contributed by atoms with E-state index in [2.05, 4.69) is 5.48 Å². The van der Waals surface area contributed by atoms with E-state index in [1.54, 1.807) is 14.2 Å². The van der Waals surface area contributed by atoms with E-state index >= 15 is 0 Å². The van der Waals surface area contributed by atoms with Crippen LogP contribution in [0.1, 0.15) is 29.9 Å². The molecule has 0 bridgehead atoms. The van der Waals surface area contributed by atoms with Gasteiger partial charge in [0.15, 0.2) is 0 Å². The molecule has 0 radical (unpaired) electrons. The van der Waals surface area contributed by atoms with Gasteiger partial charge in [0, 0.05) is 17.1 Å². The highest BCUT2D eigenvalue weighted by atomic mass is 35.5. The largest absolute Gasteiger partial charge is 0.496 e. The van der Waals surface area contributed by atoms with Gasteiger partial charge in [0.1, 0.15) is 5.75 Å². The first kappa shape index (κ1) is 11.7. The first-order valence-electron chi connectivity index (χ1n) is 5.38. The zero-order valence-electron chi connectivity index (χ0n) is 9.55. The van der Waals surface area contributed by atoms with Gasteiger partial charge >= 0.3 is 0 Å². The lowest BCUT2D eigenvalue weighted by Gasteiger charge is -2.12. The summed E-state index contributed by atoms with van der Waals surface area (Å²) in [5.41, 5.74) is 5.01. The zero-order chi connectivity index (χ0) is 11.5. The van der Waals surface area contributed by atoms with Crippen molar-refractivity contribution in [3.8, 4) is 5.75 Å². The van der Waals surface area contributed by atoms with Crippen molar-refractivity contribution >= 4 is 11.6 Å². The van der Waals surface area contributed by atoms with Crippen LogP contribution in [-0.4, -0.2) is 14.2 Å². The number of methoxy groups -OCH3 is 1. The molecule has 0 saturated heterocycles. The molecule has 0 aliphatic heterocycles. The summed E-state index contributed by atoms with van der Waals surface area (Å²) in [6, 6.07) is 4.00. The van der Waals surface area contributed by atoms with E-state index in [0.717, 1.165) is 21.9 Å². The Hall–Kier alpha value is -0.770. The standard InChI is InChI=1S/C12H16ClNO2/c1-15-11-6-8(7-14-16-2)5-10(13)12(11)9-3-4-9/h5-6,9,14H,3-4,7H2,1-2H3. The molecule has 1 saturated carbocycles. The number of nitrogens with one attached hydrogen (secondary N) is 1. The van der Waals surface area contributed by atoms with Crippen LogP contribution in [0.2, 0.25) is 5.02 Å². The second kappa shape index (κ2) is 5.04. The summed E-state index contributed by atoms with van der Waals surface area (Å²) in [5, 5.41) is 0.801. The van der Waals surface area contributed by atoms with Gasteiger partial charge in [0.05, 0.1) is 14.2 Å². The number of benzene rings is 1. The van der Waals surface area contributed by atoms with Gasteiger partial charge in [-0.15, -0.1) is 0 Å². The summed E-state index contributed by atoms with van der Waals surface area (Å²) in [6.07, 6.45) is 2.43. The van der Waals surface area contributed by atoms with Crippen LogP contribution in [0.15, 0.2) is 12.1 Å². The van der Waals surface area contributed by atoms with Gasteiger partial charge in [-0.3, -0.25) is 0 Å². The first-order chi connectivity index (χ1) is 7.76. The number of hydrogen-bond acceptors (Lipinski definition) is 3. The van der Waals surface area contributed by atoms with E-state index in [4.69, 9.17) is 21.2 Å². The van der Waals surface area contributed by atoms with E-state index in [9.17, 15) is 0 Å². The normalized spacial score (nSPS) is 15.2. The number of hydrogen-bond donors (Lipinski definition) is 1. The minimum atomic E-state index is 0.590. The molecule has 0 amide bonds. The smallest absolute Gasteiger partial charge is 0.124 e. The summed E-state index contributed by atoms with van der Waals surface area (Å²) in [7, 11) is 3.28. The maximum absolute atomic E-state index is 6.28. The van der Waals surface area contributed by atoms with Crippen LogP contribution >= 0.6 is 11.6 Å². The highest BCUT2D eigenvalue weighted by Crippen LogP contribution is 2.47. The van der Waals surface area contributed by atoms with Crippen molar-refractivity contribution < 1.29 is 9.57 Å². The van der Waals surface area contributed by atoms with Crippen molar-refractivity contribution in [2.45, 2.75) is 25.3 Å². The average molecular weight is 242 g/mol. The molecule has 0 atom stereocenters. The van der Waals surface area contributed by atoms with Crippen molar-refractivity contribution in [1.82, 2.24) is 5.48 Å². The fourth-order valence-corrected chi connectivity index (χ4v) is 2.23. The molecule has 2 rings (SSSR count). The monoisotopic (exact) mass is 241 g/mol. The molecular formula is C12H16ClNO2. The molecule has 16 heavy (non-hydrogen) atoms. The third-order valence-electron chi connectivity index (χ3n) is 2.78. The highest BCUT2D eigenvalue weighted by molar-refractivity contribution is 6.31. The Balaban J connectivity index is 2.26. The number of halogens is 1. The van der Waals surface area contributed by atoms with Crippen molar-refractivity contribution in [3.05, 3.63) is 28.3 Å². The number of rotatable bonds is 5. The van der Waals surface area contributed by atoms with Crippen LogP contribution in [0, 0.1) is 0 Å². The molecule has 88 valence electrons. The van der Waals surface area contributed by atoms with E-state index in [1.807, 2.05) is 12.1 Å². The maximum Gasteiger partial charge on any atom is 0.124 e. The Morgan fingerprint density at radius 3 is 2.69 bits per heavy atom. The van der Waals surface area contributed by atoms with Gasteiger partial charge in [-0.05, 0) is 36.5 Å². The lowest BCUT2D eigenvalue weighted by molar-refractivity contribution is 0.0867. The Morgan fingerprint density at radius 1 is 1.38 bits per heavy atom. The Morgan fingerprint density at radius 2 is 2.12 bits per heavy atom. The molecule has 0 aromatic heterocycles. The van der Waals surface area contributed by atoms with Crippen LogP contribution in [-0.2, 0) is 11.4 Å². The Bertz CT molecular complexity index is 378. The predicted molar refractivity (Wildman–Crippen MR) is 63.8 cm³/mol. The molecule has 3 nitrogen and oxygen atoms in total. The molecule has 1 fully saturated rings. The second-order valence-electron chi connectivity index (χ2n) is 3.99. The van der Waals surface area contributed by atoms with Crippen molar-refractivity contribution in [2.75, 3.05) is 14.2 Å². The Labute approximate surface area is 101 Å². The van der Waals surface area contributed by atoms with Crippen molar-refractivity contribution in [1.29, 1.82) is 0 Å². The van der Waals surface area contributed by atoms with Gasteiger partial charge in [0.2, 0.25) is 0 Å². The van der Waals surface area contributed by atoms with Crippen LogP contribution in [0.3, 0.4) is 0 Å². The molecule has 1 aromatic rings. The van der Waals surface area contributed by atoms with Crippen LogP contribution in [0.25, 0.3) is 0 Å². The van der Waals surface area contributed by atoms with Crippen molar-refractivity contribution in [2.24, 2.45) is 0 Å². The Kier molecular flexibility index (Phi) is 3.69. The molecule has 0 heterocycles. The van der Waals surface area contributed by atoms with Gasteiger partial charge in [0.25, 0.3) is 0 Å². The van der Waals surface area contributed by atoms with Gasteiger partial charge < -0.3 is 9.57 Å². The van der Waals surface area contributed by atoms with Crippen LogP contribution < -0.4 is 10.2 Å². The topological polar surface area (TPSA) is 30.5 Å². The third kappa shape index (κ3) is 2.48. The fraction of sp³-hybridized carbons (Fsp3) is 0.500. The van der Waals surface area contributed by atoms with Crippen molar-refractivity contribution in [3.63, 3.8) is 0 Å². The fourth-order valence-electron chi connectivity index (χ4n) is 1.84. The second-order valence-corrected chi connectivity index (χ2v) is 4.40.